The lowest BCUT2D eigenvalue weighted by atomic mass is 10.3. The average Bonchev–Trinajstić information content (AvgIpc) is 2.47. The molecule has 0 aliphatic rings. The number of nitro groups is 1. The Balaban J connectivity index is 2.37. The van der Waals surface area contributed by atoms with Crippen molar-refractivity contribution in [1.82, 2.24) is 0 Å². The zero-order chi connectivity index (χ0) is 14.7. The molecule has 0 aromatic heterocycles. The summed E-state index contributed by atoms with van der Waals surface area (Å²) in [6.07, 6.45) is 0. The molecule has 1 atom stereocenters. The molecular formula is C13H10ClNO4S. The van der Waals surface area contributed by atoms with Gasteiger partial charge in [0, 0.05) is 11.0 Å². The van der Waals surface area contributed by atoms with Crippen LogP contribution in [0.3, 0.4) is 0 Å². The largest absolute Gasteiger partial charge is 0.497 e. The molecule has 104 valence electrons. The third kappa shape index (κ3) is 2.97. The molecular weight excluding hydrogens is 302 g/mol. The second kappa shape index (κ2) is 6.02. The van der Waals surface area contributed by atoms with Crippen molar-refractivity contribution in [2.24, 2.45) is 0 Å². The summed E-state index contributed by atoms with van der Waals surface area (Å²) in [4.78, 5) is 11.1. The zero-order valence-electron chi connectivity index (χ0n) is 10.4. The molecule has 7 heteroatoms. The molecule has 0 spiro atoms. The van der Waals surface area contributed by atoms with Crippen LogP contribution >= 0.6 is 11.6 Å². The molecule has 0 N–H and O–H groups in total. The van der Waals surface area contributed by atoms with Crippen LogP contribution in [0.5, 0.6) is 5.75 Å². The Kier molecular flexibility index (Phi) is 4.36. The Morgan fingerprint density at radius 1 is 1.15 bits per heavy atom. The van der Waals surface area contributed by atoms with E-state index in [9.17, 15) is 14.3 Å². The molecule has 2 aromatic rings. The fourth-order valence-corrected chi connectivity index (χ4v) is 2.84. The molecule has 0 aliphatic heterocycles. The molecule has 0 bridgehead atoms. The smallest absolute Gasteiger partial charge is 0.289 e. The van der Waals surface area contributed by atoms with Crippen molar-refractivity contribution in [1.29, 1.82) is 0 Å². The summed E-state index contributed by atoms with van der Waals surface area (Å²) >= 11 is 5.72. The van der Waals surface area contributed by atoms with Crippen molar-refractivity contribution < 1.29 is 13.9 Å². The van der Waals surface area contributed by atoms with Crippen molar-refractivity contribution in [3.8, 4) is 5.75 Å². The van der Waals surface area contributed by atoms with Crippen molar-refractivity contribution >= 4 is 28.1 Å². The number of nitro benzene ring substituents is 1. The van der Waals surface area contributed by atoms with E-state index >= 15 is 0 Å². The Bertz CT molecular complexity index is 673. The summed E-state index contributed by atoms with van der Waals surface area (Å²) in [6, 6.07) is 10.8. The maximum Gasteiger partial charge on any atom is 0.289 e. The van der Waals surface area contributed by atoms with Gasteiger partial charge in [-0.25, -0.2) is 4.21 Å². The van der Waals surface area contributed by atoms with Crippen molar-refractivity contribution in [3.63, 3.8) is 0 Å². The summed E-state index contributed by atoms with van der Waals surface area (Å²) in [5, 5.41) is 10.8. The van der Waals surface area contributed by atoms with Gasteiger partial charge in [0.25, 0.3) is 5.69 Å². The van der Waals surface area contributed by atoms with Gasteiger partial charge in [0.1, 0.15) is 10.8 Å². The average molecular weight is 312 g/mol. The minimum absolute atomic E-state index is 0.0190. The van der Waals surface area contributed by atoms with E-state index in [0.717, 1.165) is 0 Å². The van der Waals surface area contributed by atoms with E-state index in [1.165, 1.54) is 25.3 Å². The predicted octanol–water partition coefficient (Wildman–Crippen LogP) is 3.42. The van der Waals surface area contributed by atoms with Crippen LogP contribution in [0.4, 0.5) is 5.69 Å². The molecule has 0 saturated carbocycles. The maximum atomic E-state index is 12.3. The van der Waals surface area contributed by atoms with Crippen LogP contribution < -0.4 is 4.74 Å². The topological polar surface area (TPSA) is 69.4 Å². The van der Waals surface area contributed by atoms with Crippen LogP contribution in [-0.4, -0.2) is 16.2 Å². The highest BCUT2D eigenvalue weighted by Crippen LogP contribution is 2.28. The number of methoxy groups -OCH3 is 1. The van der Waals surface area contributed by atoms with Gasteiger partial charge >= 0.3 is 0 Å². The SMILES string of the molecule is COc1ccc(S(=O)c2ccc(Cl)c([N+](=O)[O-])c2)cc1. The second-order valence-electron chi connectivity index (χ2n) is 3.81. The number of nitrogens with zero attached hydrogens (tertiary/aromatic N) is 1. The van der Waals surface area contributed by atoms with Gasteiger partial charge in [0.2, 0.25) is 0 Å². The van der Waals surface area contributed by atoms with Gasteiger partial charge in [-0.2, -0.15) is 0 Å². The Hall–Kier alpha value is -1.92. The first kappa shape index (κ1) is 14.5. The number of halogens is 1. The maximum absolute atomic E-state index is 12.3. The van der Waals surface area contributed by atoms with E-state index in [2.05, 4.69) is 0 Å². The standard InChI is InChI=1S/C13H10ClNO4S/c1-19-9-2-4-10(5-3-9)20(18)11-6-7-12(14)13(8-11)15(16)17/h2-8H,1H3. The van der Waals surface area contributed by atoms with Crippen LogP contribution in [0, 0.1) is 10.1 Å². The molecule has 5 nitrogen and oxygen atoms in total. The zero-order valence-corrected chi connectivity index (χ0v) is 12.0. The molecule has 0 heterocycles. The first-order valence-electron chi connectivity index (χ1n) is 5.52. The fraction of sp³-hybridized carbons (Fsp3) is 0.0769. The quantitative estimate of drug-likeness (QED) is 0.641. The van der Waals surface area contributed by atoms with Crippen molar-refractivity contribution in [2.75, 3.05) is 7.11 Å². The van der Waals surface area contributed by atoms with Gasteiger partial charge in [0.05, 0.1) is 27.7 Å². The monoisotopic (exact) mass is 311 g/mol. The first-order valence-corrected chi connectivity index (χ1v) is 7.05. The van der Waals surface area contributed by atoms with E-state index in [4.69, 9.17) is 16.3 Å². The molecule has 0 amide bonds. The lowest BCUT2D eigenvalue weighted by Crippen LogP contribution is -1.96. The Labute approximate surface area is 122 Å². The highest BCUT2D eigenvalue weighted by atomic mass is 35.5. The van der Waals surface area contributed by atoms with Crippen LogP contribution in [0.25, 0.3) is 0 Å². The molecule has 0 radical (unpaired) electrons. The minimum atomic E-state index is -1.51. The first-order chi connectivity index (χ1) is 9.52. The van der Waals surface area contributed by atoms with Crippen LogP contribution in [0.1, 0.15) is 0 Å². The van der Waals surface area contributed by atoms with E-state index in [1.807, 2.05) is 0 Å². The van der Waals surface area contributed by atoms with Gasteiger partial charge in [-0.1, -0.05) is 11.6 Å². The molecule has 20 heavy (non-hydrogen) atoms. The molecule has 0 aliphatic carbocycles. The third-order valence-corrected chi connectivity index (χ3v) is 4.30. The van der Waals surface area contributed by atoms with Gasteiger partial charge in [-0.15, -0.1) is 0 Å². The van der Waals surface area contributed by atoms with E-state index in [0.29, 0.717) is 15.5 Å². The van der Waals surface area contributed by atoms with Gasteiger partial charge in [-0.05, 0) is 36.4 Å². The minimum Gasteiger partial charge on any atom is -0.497 e. The number of hydrogen-bond donors (Lipinski definition) is 0. The normalized spacial score (nSPS) is 11.9. The molecule has 0 fully saturated rings. The highest BCUT2D eigenvalue weighted by molar-refractivity contribution is 7.85. The Morgan fingerprint density at radius 3 is 2.30 bits per heavy atom. The van der Waals surface area contributed by atoms with Gasteiger partial charge < -0.3 is 4.74 Å². The summed E-state index contributed by atoms with van der Waals surface area (Å²) in [6.45, 7) is 0. The Morgan fingerprint density at radius 2 is 1.75 bits per heavy atom. The van der Waals surface area contributed by atoms with E-state index < -0.39 is 15.7 Å². The molecule has 0 saturated heterocycles. The summed E-state index contributed by atoms with van der Waals surface area (Å²) in [5.41, 5.74) is -0.258. The number of hydrogen-bond acceptors (Lipinski definition) is 4. The van der Waals surface area contributed by atoms with Crippen LogP contribution in [0.15, 0.2) is 52.3 Å². The predicted molar refractivity (Wildman–Crippen MR) is 75.8 cm³/mol. The number of benzene rings is 2. The number of rotatable bonds is 4. The summed E-state index contributed by atoms with van der Waals surface area (Å²) in [7, 11) is 0.0255. The molecule has 1 unspecified atom stereocenters. The molecule has 2 rings (SSSR count). The third-order valence-electron chi connectivity index (χ3n) is 2.60. The van der Waals surface area contributed by atoms with E-state index in [-0.39, 0.29) is 10.7 Å². The van der Waals surface area contributed by atoms with Gasteiger partial charge in [0.15, 0.2) is 0 Å². The lowest BCUT2D eigenvalue weighted by Gasteiger charge is -2.04. The molecule has 2 aromatic carbocycles. The lowest BCUT2D eigenvalue weighted by molar-refractivity contribution is -0.384. The highest BCUT2D eigenvalue weighted by Gasteiger charge is 2.16. The fourth-order valence-electron chi connectivity index (χ4n) is 1.58. The van der Waals surface area contributed by atoms with Crippen LogP contribution in [0.2, 0.25) is 5.02 Å². The van der Waals surface area contributed by atoms with Gasteiger partial charge in [-0.3, -0.25) is 10.1 Å². The van der Waals surface area contributed by atoms with Crippen molar-refractivity contribution in [3.05, 3.63) is 57.6 Å². The van der Waals surface area contributed by atoms with E-state index in [1.54, 1.807) is 24.3 Å². The van der Waals surface area contributed by atoms with Crippen LogP contribution in [-0.2, 0) is 10.8 Å². The second-order valence-corrected chi connectivity index (χ2v) is 5.70. The summed E-state index contributed by atoms with van der Waals surface area (Å²) < 4.78 is 17.4. The summed E-state index contributed by atoms with van der Waals surface area (Å²) in [5.74, 6) is 0.646. The number of ether oxygens (including phenoxy) is 1. The van der Waals surface area contributed by atoms with Crippen molar-refractivity contribution in [2.45, 2.75) is 9.79 Å².